The topological polar surface area (TPSA) is 95.6 Å². The molecule has 1 heterocycles. The Morgan fingerprint density at radius 2 is 1.58 bits per heavy atom. The maximum absolute atomic E-state index is 13.2. The minimum absolute atomic E-state index is 0.0123. The Hall–Kier alpha value is -2.19. The summed E-state index contributed by atoms with van der Waals surface area (Å²) in [6.07, 6.45) is 11.9. The van der Waals surface area contributed by atoms with E-state index in [4.69, 9.17) is 0 Å². The third-order valence-electron chi connectivity index (χ3n) is 9.26. The molecule has 1 aliphatic heterocycles. The highest BCUT2D eigenvalue weighted by Crippen LogP contribution is 2.61. The van der Waals surface area contributed by atoms with Gasteiger partial charge in [-0.2, -0.15) is 4.31 Å². The molecule has 4 bridgehead atoms. The number of anilines is 1. The SMILES string of the molecule is C=CC(=O)NC1(C)CCN(S(=O)(=O)c2ccc(NC(=O)CCC34CC5CC(CC(C5)C3)C4)cc2)CC1. The Morgan fingerprint density at radius 1 is 1.03 bits per heavy atom. The number of nitrogens with zero attached hydrogens (tertiary/aromatic N) is 1. The maximum Gasteiger partial charge on any atom is 0.243 e. The molecule has 2 N–H and O–H groups in total. The molecule has 2 amide bonds. The third kappa shape index (κ3) is 5.25. The van der Waals surface area contributed by atoms with E-state index in [0.29, 0.717) is 43.5 Å². The average molecular weight is 514 g/mol. The van der Waals surface area contributed by atoms with Gasteiger partial charge < -0.3 is 10.6 Å². The molecule has 6 rings (SSSR count). The van der Waals surface area contributed by atoms with Gasteiger partial charge in [-0.1, -0.05) is 6.58 Å². The standard InChI is InChI=1S/C28H39N3O4S/c1-3-25(32)30-27(2)10-12-31(13-11-27)36(34,35)24-6-4-23(5-7-24)29-26(33)8-9-28-17-20-14-21(18-28)16-22(15-20)19-28/h3-7,20-22H,1,8-19H2,2H3,(H,29,33)(H,30,32). The maximum atomic E-state index is 13.2. The van der Waals surface area contributed by atoms with Crippen LogP contribution in [0.2, 0.25) is 0 Å². The average Bonchev–Trinajstić information content (AvgIpc) is 2.82. The summed E-state index contributed by atoms with van der Waals surface area (Å²) in [6.45, 7) is 6.07. The van der Waals surface area contributed by atoms with Crippen molar-refractivity contribution in [1.29, 1.82) is 0 Å². The van der Waals surface area contributed by atoms with E-state index in [1.54, 1.807) is 24.3 Å². The van der Waals surface area contributed by atoms with Gasteiger partial charge in [0.05, 0.1) is 4.90 Å². The van der Waals surface area contributed by atoms with Crippen molar-refractivity contribution in [2.45, 2.75) is 81.6 Å². The van der Waals surface area contributed by atoms with Crippen molar-refractivity contribution in [2.24, 2.45) is 23.2 Å². The fourth-order valence-electron chi connectivity index (χ4n) is 7.75. The lowest BCUT2D eigenvalue weighted by molar-refractivity contribution is -0.119. The van der Waals surface area contributed by atoms with Crippen LogP contribution < -0.4 is 10.6 Å². The summed E-state index contributed by atoms with van der Waals surface area (Å²) < 4.78 is 27.8. The van der Waals surface area contributed by atoms with Gasteiger partial charge in [0, 0.05) is 30.7 Å². The van der Waals surface area contributed by atoms with Crippen molar-refractivity contribution in [3.05, 3.63) is 36.9 Å². The number of hydrogen-bond donors (Lipinski definition) is 2. The fraction of sp³-hybridized carbons (Fsp3) is 0.643. The van der Waals surface area contributed by atoms with Gasteiger partial charge in [0.2, 0.25) is 21.8 Å². The first-order valence-corrected chi connectivity index (χ1v) is 14.9. The van der Waals surface area contributed by atoms with Gasteiger partial charge in [0.15, 0.2) is 0 Å². The van der Waals surface area contributed by atoms with Gasteiger partial charge in [-0.25, -0.2) is 8.42 Å². The molecule has 0 radical (unpaired) electrons. The van der Waals surface area contributed by atoms with Crippen LogP contribution in [0, 0.1) is 23.2 Å². The van der Waals surface area contributed by atoms with Crippen LogP contribution in [0.25, 0.3) is 0 Å². The first-order chi connectivity index (χ1) is 17.1. The van der Waals surface area contributed by atoms with Gasteiger partial charge in [-0.15, -0.1) is 0 Å². The quantitative estimate of drug-likeness (QED) is 0.502. The predicted molar refractivity (Wildman–Crippen MR) is 140 cm³/mol. The van der Waals surface area contributed by atoms with Crippen LogP contribution >= 0.6 is 0 Å². The van der Waals surface area contributed by atoms with E-state index < -0.39 is 15.6 Å². The Morgan fingerprint density at radius 3 is 2.11 bits per heavy atom. The fourth-order valence-corrected chi connectivity index (χ4v) is 9.19. The highest BCUT2D eigenvalue weighted by atomic mass is 32.2. The third-order valence-corrected chi connectivity index (χ3v) is 11.2. The molecule has 36 heavy (non-hydrogen) atoms. The van der Waals surface area contributed by atoms with Gasteiger partial charge in [0.1, 0.15) is 0 Å². The van der Waals surface area contributed by atoms with Crippen molar-refractivity contribution >= 4 is 27.5 Å². The largest absolute Gasteiger partial charge is 0.347 e. The van der Waals surface area contributed by atoms with Crippen LogP contribution in [-0.4, -0.2) is 43.2 Å². The number of amides is 2. The van der Waals surface area contributed by atoms with E-state index in [0.717, 1.165) is 24.2 Å². The lowest BCUT2D eigenvalue weighted by Gasteiger charge is -2.57. The monoisotopic (exact) mass is 513 g/mol. The zero-order valence-electron chi connectivity index (χ0n) is 21.3. The summed E-state index contributed by atoms with van der Waals surface area (Å²) in [4.78, 5) is 24.6. The molecular weight excluding hydrogens is 474 g/mol. The first kappa shape index (κ1) is 25.5. The first-order valence-electron chi connectivity index (χ1n) is 13.4. The molecule has 4 saturated carbocycles. The van der Waals surface area contributed by atoms with E-state index >= 15 is 0 Å². The predicted octanol–water partition coefficient (Wildman–Crippen LogP) is 4.47. The van der Waals surface area contributed by atoms with Crippen LogP contribution in [0.1, 0.15) is 71.1 Å². The van der Waals surface area contributed by atoms with Crippen molar-refractivity contribution in [3.8, 4) is 0 Å². The second-order valence-corrected chi connectivity index (χ2v) is 14.1. The lowest BCUT2D eigenvalue weighted by atomic mass is 9.48. The smallest absolute Gasteiger partial charge is 0.243 e. The van der Waals surface area contributed by atoms with Crippen LogP contribution in [0.5, 0.6) is 0 Å². The molecule has 4 aliphatic carbocycles. The number of carbonyl (C=O) groups is 2. The lowest BCUT2D eigenvalue weighted by Crippen LogP contribution is -2.53. The second kappa shape index (κ2) is 9.60. The second-order valence-electron chi connectivity index (χ2n) is 12.1. The number of sulfonamides is 1. The highest BCUT2D eigenvalue weighted by molar-refractivity contribution is 7.89. The number of hydrogen-bond acceptors (Lipinski definition) is 4. The number of rotatable bonds is 8. The molecular formula is C28H39N3O4S. The highest BCUT2D eigenvalue weighted by Gasteiger charge is 2.50. The summed E-state index contributed by atoms with van der Waals surface area (Å²) in [5, 5.41) is 5.88. The molecule has 5 aliphatic rings. The van der Waals surface area contributed by atoms with E-state index in [1.807, 2.05) is 6.92 Å². The van der Waals surface area contributed by atoms with E-state index in [-0.39, 0.29) is 16.7 Å². The minimum atomic E-state index is -3.64. The molecule has 0 spiro atoms. The minimum Gasteiger partial charge on any atom is -0.347 e. The number of benzene rings is 1. The summed E-state index contributed by atoms with van der Waals surface area (Å²) in [6, 6.07) is 6.48. The Labute approximate surface area is 215 Å². The summed E-state index contributed by atoms with van der Waals surface area (Å²) in [7, 11) is -3.64. The van der Waals surface area contributed by atoms with Gasteiger partial charge in [-0.3, -0.25) is 9.59 Å². The van der Waals surface area contributed by atoms with Gasteiger partial charge in [-0.05, 0) is 118 Å². The van der Waals surface area contributed by atoms with E-state index in [1.165, 1.54) is 48.9 Å². The van der Waals surface area contributed by atoms with Crippen molar-refractivity contribution in [2.75, 3.05) is 18.4 Å². The van der Waals surface area contributed by atoms with E-state index in [2.05, 4.69) is 17.2 Å². The summed E-state index contributed by atoms with van der Waals surface area (Å²) >= 11 is 0. The van der Waals surface area contributed by atoms with Crippen LogP contribution in [0.3, 0.4) is 0 Å². The molecule has 1 aromatic carbocycles. The molecule has 1 aromatic rings. The molecule has 8 heteroatoms. The number of nitrogens with one attached hydrogen (secondary N) is 2. The summed E-state index contributed by atoms with van der Waals surface area (Å²) in [5.74, 6) is 2.41. The van der Waals surface area contributed by atoms with Gasteiger partial charge >= 0.3 is 0 Å². The molecule has 0 aromatic heterocycles. The molecule has 0 atom stereocenters. The molecule has 0 unspecified atom stereocenters. The Bertz CT molecular complexity index is 1080. The number of carbonyl (C=O) groups excluding carboxylic acids is 2. The Kier molecular flexibility index (Phi) is 6.79. The molecule has 196 valence electrons. The normalized spacial score (nSPS) is 31.1. The van der Waals surface area contributed by atoms with Crippen molar-refractivity contribution in [3.63, 3.8) is 0 Å². The molecule has 1 saturated heterocycles. The number of piperidine rings is 1. The molecule has 5 fully saturated rings. The van der Waals surface area contributed by atoms with Crippen molar-refractivity contribution in [1.82, 2.24) is 9.62 Å². The van der Waals surface area contributed by atoms with Crippen LogP contribution in [-0.2, 0) is 19.6 Å². The zero-order valence-corrected chi connectivity index (χ0v) is 22.1. The van der Waals surface area contributed by atoms with Crippen molar-refractivity contribution < 1.29 is 18.0 Å². The summed E-state index contributed by atoms with van der Waals surface area (Å²) in [5.41, 5.74) is 0.563. The Balaban J connectivity index is 1.14. The van der Waals surface area contributed by atoms with Crippen LogP contribution in [0.15, 0.2) is 41.8 Å². The van der Waals surface area contributed by atoms with Gasteiger partial charge in [0.25, 0.3) is 0 Å². The zero-order chi connectivity index (χ0) is 25.6. The van der Waals surface area contributed by atoms with Crippen LogP contribution in [0.4, 0.5) is 5.69 Å². The molecule has 7 nitrogen and oxygen atoms in total. The van der Waals surface area contributed by atoms with E-state index in [9.17, 15) is 18.0 Å².